The van der Waals surface area contributed by atoms with Crippen LogP contribution in [0.3, 0.4) is 0 Å². The van der Waals surface area contributed by atoms with Gasteiger partial charge in [0.2, 0.25) is 0 Å². The van der Waals surface area contributed by atoms with E-state index in [2.05, 4.69) is 17.1 Å². The number of carbonyl (C=O) groups excluding carboxylic acids is 1. The monoisotopic (exact) mass is 297 g/mol. The van der Waals surface area contributed by atoms with Gasteiger partial charge in [0.05, 0.1) is 0 Å². The predicted octanol–water partition coefficient (Wildman–Crippen LogP) is 1.37. The van der Waals surface area contributed by atoms with Crippen LogP contribution < -0.4 is 5.32 Å². The Kier molecular flexibility index (Phi) is 5.85. The standard InChI is InChI=1S/C15H27N3O3/c1-2-17-7-3-4-13(11-17)16-15(21)18-8-5-12(6-9-18)10-14(19)20/h12-13H,2-11H2,1H3,(H,16,21)(H,19,20). The first-order valence-electron chi connectivity index (χ1n) is 8.08. The summed E-state index contributed by atoms with van der Waals surface area (Å²) in [6.07, 6.45) is 4.01. The van der Waals surface area contributed by atoms with E-state index in [1.54, 1.807) is 0 Å². The minimum Gasteiger partial charge on any atom is -0.481 e. The molecule has 21 heavy (non-hydrogen) atoms. The number of hydrogen-bond acceptors (Lipinski definition) is 3. The fourth-order valence-electron chi connectivity index (χ4n) is 3.31. The van der Waals surface area contributed by atoms with Gasteiger partial charge in [-0.2, -0.15) is 0 Å². The highest BCUT2D eigenvalue weighted by atomic mass is 16.4. The number of hydrogen-bond donors (Lipinski definition) is 2. The first-order valence-corrected chi connectivity index (χ1v) is 8.08. The second-order valence-electron chi connectivity index (χ2n) is 6.21. The van der Waals surface area contributed by atoms with Crippen LogP contribution in [0, 0.1) is 5.92 Å². The molecule has 2 aliphatic rings. The van der Waals surface area contributed by atoms with Crippen molar-refractivity contribution >= 4 is 12.0 Å². The lowest BCUT2D eigenvalue weighted by atomic mass is 9.94. The highest BCUT2D eigenvalue weighted by molar-refractivity contribution is 5.74. The summed E-state index contributed by atoms with van der Waals surface area (Å²) in [7, 11) is 0. The van der Waals surface area contributed by atoms with Gasteiger partial charge in [-0.3, -0.25) is 4.79 Å². The Bertz CT molecular complexity index is 367. The van der Waals surface area contributed by atoms with Gasteiger partial charge in [-0.05, 0) is 44.7 Å². The van der Waals surface area contributed by atoms with Crippen molar-refractivity contribution in [3.05, 3.63) is 0 Å². The molecule has 6 heteroatoms. The average molecular weight is 297 g/mol. The minimum absolute atomic E-state index is 0.0201. The molecule has 0 spiro atoms. The van der Waals surface area contributed by atoms with Crippen LogP contribution in [0.25, 0.3) is 0 Å². The Balaban J connectivity index is 1.73. The highest BCUT2D eigenvalue weighted by Crippen LogP contribution is 2.20. The number of piperidine rings is 2. The topological polar surface area (TPSA) is 72.9 Å². The molecule has 0 saturated carbocycles. The number of likely N-dealkylation sites (tertiary alicyclic amines) is 2. The molecule has 1 unspecified atom stereocenters. The van der Waals surface area contributed by atoms with Crippen molar-refractivity contribution in [3.63, 3.8) is 0 Å². The number of likely N-dealkylation sites (N-methyl/N-ethyl adjacent to an activating group) is 1. The minimum atomic E-state index is -0.736. The van der Waals surface area contributed by atoms with E-state index in [9.17, 15) is 9.59 Å². The number of nitrogens with zero attached hydrogens (tertiary/aromatic N) is 2. The molecular formula is C15H27N3O3. The zero-order valence-electron chi connectivity index (χ0n) is 12.9. The van der Waals surface area contributed by atoms with E-state index in [1.165, 1.54) is 0 Å². The van der Waals surface area contributed by atoms with Crippen LogP contribution in [0.4, 0.5) is 4.79 Å². The molecule has 2 fully saturated rings. The summed E-state index contributed by atoms with van der Waals surface area (Å²) in [5.74, 6) is -0.517. The molecule has 6 nitrogen and oxygen atoms in total. The maximum atomic E-state index is 12.3. The summed E-state index contributed by atoms with van der Waals surface area (Å²) in [5.41, 5.74) is 0. The van der Waals surface area contributed by atoms with Crippen molar-refractivity contribution in [3.8, 4) is 0 Å². The third-order valence-corrected chi connectivity index (χ3v) is 4.65. The number of nitrogens with one attached hydrogen (secondary N) is 1. The zero-order chi connectivity index (χ0) is 15.2. The van der Waals surface area contributed by atoms with Crippen LogP contribution in [0.15, 0.2) is 0 Å². The molecule has 2 amide bonds. The molecule has 0 radical (unpaired) electrons. The molecule has 0 aliphatic carbocycles. The fourth-order valence-corrected chi connectivity index (χ4v) is 3.31. The molecule has 0 aromatic carbocycles. The third-order valence-electron chi connectivity index (χ3n) is 4.65. The molecule has 2 N–H and O–H groups in total. The van der Waals surface area contributed by atoms with Crippen LogP contribution in [0.5, 0.6) is 0 Å². The fraction of sp³-hybridized carbons (Fsp3) is 0.867. The van der Waals surface area contributed by atoms with Gasteiger partial charge in [-0.25, -0.2) is 4.79 Å². The van der Waals surface area contributed by atoms with Crippen LogP contribution in [-0.2, 0) is 4.79 Å². The van der Waals surface area contributed by atoms with E-state index in [4.69, 9.17) is 5.11 Å². The molecule has 2 aliphatic heterocycles. The van der Waals surface area contributed by atoms with Gasteiger partial charge in [0.25, 0.3) is 0 Å². The summed E-state index contributed by atoms with van der Waals surface area (Å²) in [6, 6.07) is 0.273. The first-order chi connectivity index (χ1) is 10.1. The van der Waals surface area contributed by atoms with E-state index in [-0.39, 0.29) is 24.4 Å². The molecule has 120 valence electrons. The number of carbonyl (C=O) groups is 2. The smallest absolute Gasteiger partial charge is 0.317 e. The van der Waals surface area contributed by atoms with E-state index in [1.807, 2.05) is 4.90 Å². The molecule has 2 heterocycles. The summed E-state index contributed by atoms with van der Waals surface area (Å²) in [6.45, 7) is 6.60. The van der Waals surface area contributed by atoms with Crippen molar-refractivity contribution in [2.24, 2.45) is 5.92 Å². The number of amides is 2. The second-order valence-corrected chi connectivity index (χ2v) is 6.21. The van der Waals surface area contributed by atoms with Gasteiger partial charge in [0.1, 0.15) is 0 Å². The Hall–Kier alpha value is -1.30. The van der Waals surface area contributed by atoms with Crippen LogP contribution in [0.1, 0.15) is 39.0 Å². The van der Waals surface area contributed by atoms with E-state index in [0.717, 1.165) is 45.3 Å². The Morgan fingerprint density at radius 3 is 2.52 bits per heavy atom. The Labute approximate surface area is 126 Å². The lowest BCUT2D eigenvalue weighted by molar-refractivity contribution is -0.138. The number of aliphatic carboxylic acids is 1. The lowest BCUT2D eigenvalue weighted by Gasteiger charge is -2.36. The van der Waals surface area contributed by atoms with Crippen molar-refractivity contribution in [1.82, 2.24) is 15.1 Å². The summed E-state index contributed by atoms with van der Waals surface area (Å²) >= 11 is 0. The van der Waals surface area contributed by atoms with Crippen LogP contribution >= 0.6 is 0 Å². The molecule has 2 rings (SSSR count). The van der Waals surface area contributed by atoms with Crippen LogP contribution in [-0.4, -0.2) is 65.7 Å². The van der Waals surface area contributed by atoms with Crippen molar-refractivity contribution in [2.75, 3.05) is 32.7 Å². The van der Waals surface area contributed by atoms with Gasteiger partial charge in [-0.1, -0.05) is 6.92 Å². The largest absolute Gasteiger partial charge is 0.481 e. The maximum absolute atomic E-state index is 12.3. The van der Waals surface area contributed by atoms with Gasteiger partial charge in [0.15, 0.2) is 0 Å². The SMILES string of the molecule is CCN1CCCC(NC(=O)N2CCC(CC(=O)O)CC2)C1. The number of urea groups is 1. The van der Waals surface area contributed by atoms with Gasteiger partial charge in [-0.15, -0.1) is 0 Å². The normalized spacial score (nSPS) is 24.8. The third kappa shape index (κ3) is 4.88. The summed E-state index contributed by atoms with van der Waals surface area (Å²) < 4.78 is 0. The number of carboxylic acids is 1. The average Bonchev–Trinajstić information content (AvgIpc) is 2.47. The molecule has 2 saturated heterocycles. The summed E-state index contributed by atoms with van der Waals surface area (Å²) in [4.78, 5) is 27.2. The van der Waals surface area contributed by atoms with Crippen molar-refractivity contribution in [1.29, 1.82) is 0 Å². The van der Waals surface area contributed by atoms with E-state index >= 15 is 0 Å². The summed E-state index contributed by atoms with van der Waals surface area (Å²) in [5, 5.41) is 11.9. The predicted molar refractivity (Wildman–Crippen MR) is 80.2 cm³/mol. The first kappa shape index (κ1) is 16.1. The number of rotatable bonds is 4. The zero-order valence-corrected chi connectivity index (χ0v) is 12.9. The lowest BCUT2D eigenvalue weighted by Crippen LogP contribution is -2.52. The van der Waals surface area contributed by atoms with E-state index in [0.29, 0.717) is 13.1 Å². The molecular weight excluding hydrogens is 270 g/mol. The van der Waals surface area contributed by atoms with Crippen LogP contribution in [0.2, 0.25) is 0 Å². The Morgan fingerprint density at radius 2 is 1.90 bits per heavy atom. The number of carboxylic acid groups (broad SMARTS) is 1. The van der Waals surface area contributed by atoms with Gasteiger partial charge in [0, 0.05) is 32.1 Å². The van der Waals surface area contributed by atoms with E-state index < -0.39 is 5.97 Å². The van der Waals surface area contributed by atoms with Crippen molar-refractivity contribution < 1.29 is 14.7 Å². The quantitative estimate of drug-likeness (QED) is 0.822. The second kappa shape index (κ2) is 7.64. The highest BCUT2D eigenvalue weighted by Gasteiger charge is 2.26. The molecule has 0 aromatic rings. The van der Waals surface area contributed by atoms with Crippen molar-refractivity contribution in [2.45, 2.75) is 45.1 Å². The molecule has 1 atom stereocenters. The molecule has 0 aromatic heterocycles. The maximum Gasteiger partial charge on any atom is 0.317 e. The van der Waals surface area contributed by atoms with Gasteiger partial charge >= 0.3 is 12.0 Å². The van der Waals surface area contributed by atoms with Gasteiger partial charge < -0.3 is 20.2 Å². The molecule has 0 bridgehead atoms. The Morgan fingerprint density at radius 1 is 1.19 bits per heavy atom.